The van der Waals surface area contributed by atoms with Gasteiger partial charge in [0.05, 0.1) is 35.9 Å². The largest absolute Gasteiger partial charge is 0.388 e. The molecule has 12 heteroatoms. The molecule has 3 aromatic rings. The van der Waals surface area contributed by atoms with Gasteiger partial charge in [0.15, 0.2) is 0 Å². The molecule has 5 rings (SSSR count). The molecule has 1 amide bonds. The Morgan fingerprint density at radius 3 is 2.69 bits per heavy atom. The van der Waals surface area contributed by atoms with E-state index in [1.54, 1.807) is 11.7 Å². The Kier molecular flexibility index (Phi) is 6.86. The van der Waals surface area contributed by atoms with Crippen LogP contribution < -0.4 is 11.1 Å². The summed E-state index contributed by atoms with van der Waals surface area (Å²) in [5.41, 5.74) is 6.55. The zero-order valence-corrected chi connectivity index (χ0v) is 20.3. The minimum atomic E-state index is -1.28. The van der Waals surface area contributed by atoms with Crippen molar-refractivity contribution >= 4 is 22.9 Å². The van der Waals surface area contributed by atoms with Crippen LogP contribution in [0.25, 0.3) is 10.6 Å². The maximum atomic E-state index is 14.8. The lowest BCUT2D eigenvalue weighted by Gasteiger charge is -2.17. The van der Waals surface area contributed by atoms with E-state index in [0.717, 1.165) is 36.3 Å². The smallest absolute Gasteiger partial charge is 0.275 e. The van der Waals surface area contributed by atoms with E-state index in [9.17, 15) is 23.1 Å². The number of nitrogens with two attached hydrogens (primary N) is 1. The zero-order valence-electron chi connectivity index (χ0n) is 19.5. The summed E-state index contributed by atoms with van der Waals surface area (Å²) < 4.78 is 50.8. The molecule has 192 valence electrons. The quantitative estimate of drug-likeness (QED) is 0.451. The predicted octanol–water partition coefficient (Wildman–Crippen LogP) is 4.03. The van der Waals surface area contributed by atoms with Gasteiger partial charge in [-0.1, -0.05) is 0 Å². The number of hydrogen-bond acceptors (Lipinski definition) is 7. The van der Waals surface area contributed by atoms with E-state index in [1.807, 2.05) is 0 Å². The van der Waals surface area contributed by atoms with E-state index >= 15 is 0 Å². The van der Waals surface area contributed by atoms with Gasteiger partial charge in [0.25, 0.3) is 5.91 Å². The van der Waals surface area contributed by atoms with Crippen molar-refractivity contribution in [2.45, 2.75) is 50.1 Å². The summed E-state index contributed by atoms with van der Waals surface area (Å²) in [6, 6.07) is 1.61. The number of carbonyl (C=O) groups is 1. The number of amides is 1. The number of anilines is 1. The molecule has 8 nitrogen and oxygen atoms in total. The number of rotatable bonds is 6. The number of halogens is 3. The van der Waals surface area contributed by atoms with E-state index in [-0.39, 0.29) is 34.4 Å². The van der Waals surface area contributed by atoms with Crippen LogP contribution in [0, 0.1) is 17.6 Å². The Balaban J connectivity index is 1.34. The summed E-state index contributed by atoms with van der Waals surface area (Å²) >= 11 is 0.928. The second kappa shape index (κ2) is 9.92. The first-order valence-corrected chi connectivity index (χ1v) is 12.6. The number of aryl methyl sites for hydroxylation is 1. The molecule has 1 saturated carbocycles. The van der Waals surface area contributed by atoms with Gasteiger partial charge in [0.2, 0.25) is 0 Å². The number of carbonyl (C=O) groups excluding carboxylic acids is 1. The number of alkyl halides is 1. The Hall–Kier alpha value is -2.80. The number of ether oxygens (including phenoxy) is 1. The van der Waals surface area contributed by atoms with Crippen LogP contribution in [0.5, 0.6) is 0 Å². The lowest BCUT2D eigenvalue weighted by Crippen LogP contribution is -2.32. The van der Waals surface area contributed by atoms with E-state index in [4.69, 9.17) is 10.5 Å². The van der Waals surface area contributed by atoms with Crippen molar-refractivity contribution < 1.29 is 27.8 Å². The molecule has 0 spiro atoms. The third kappa shape index (κ3) is 4.90. The van der Waals surface area contributed by atoms with E-state index < -0.39 is 42.0 Å². The SMILES string of the molecule is Cn1ncc(NC(=O)c2csc(-c3c(F)cc(C(O)C4CC4)cc3F)n2)c1[C@@H]1CC[C@@H](N)[C@H](F)CO1. The van der Waals surface area contributed by atoms with Crippen LogP contribution in [0.15, 0.2) is 23.7 Å². The summed E-state index contributed by atoms with van der Waals surface area (Å²) in [5.74, 6) is -2.27. The monoisotopic (exact) mass is 521 g/mol. The minimum absolute atomic E-state index is 0.00379. The Bertz CT molecular complexity index is 1240. The fraction of sp³-hybridized carbons (Fsp3) is 0.458. The van der Waals surface area contributed by atoms with Gasteiger partial charge < -0.3 is 20.9 Å². The van der Waals surface area contributed by atoms with Crippen molar-refractivity contribution in [3.8, 4) is 10.6 Å². The molecule has 0 radical (unpaired) electrons. The molecule has 2 aliphatic rings. The fourth-order valence-corrected chi connectivity index (χ4v) is 5.26. The van der Waals surface area contributed by atoms with E-state index in [2.05, 4.69) is 15.4 Å². The summed E-state index contributed by atoms with van der Waals surface area (Å²) in [6.45, 7) is -0.159. The van der Waals surface area contributed by atoms with Crippen molar-refractivity contribution in [2.24, 2.45) is 18.7 Å². The number of nitrogens with one attached hydrogen (secondary N) is 1. The molecule has 3 heterocycles. The summed E-state index contributed by atoms with van der Waals surface area (Å²) in [4.78, 5) is 17.1. The second-order valence-corrected chi connectivity index (χ2v) is 10.1. The normalized spacial score (nSPS) is 23.3. The van der Waals surface area contributed by atoms with Crippen LogP contribution in [0.2, 0.25) is 0 Å². The van der Waals surface area contributed by atoms with Crippen LogP contribution in [-0.4, -0.2) is 44.6 Å². The lowest BCUT2D eigenvalue weighted by atomic mass is 10.0. The predicted molar refractivity (Wildman–Crippen MR) is 127 cm³/mol. The molecule has 4 atom stereocenters. The summed E-state index contributed by atoms with van der Waals surface area (Å²) in [5, 5.41) is 18.5. The maximum absolute atomic E-state index is 14.8. The molecule has 1 aliphatic carbocycles. The highest BCUT2D eigenvalue weighted by atomic mass is 32.1. The standard InChI is InChI=1S/C24H26F3N5O3S/c1-32-21(19-5-4-16(28)15(27)9-35-19)17(8-29-32)30-23(34)18-10-36-24(31-18)20-13(25)6-12(7-14(20)26)22(33)11-2-3-11/h6-8,10-11,15-16,19,22,33H,2-5,9,28H2,1H3,(H,30,34)/t15-,16-,19+,22?/m1/s1. The average Bonchev–Trinajstić information content (AvgIpc) is 3.52. The molecule has 4 N–H and O–H groups in total. The molecule has 1 unspecified atom stereocenters. The van der Waals surface area contributed by atoms with Gasteiger partial charge in [-0.3, -0.25) is 9.48 Å². The number of aromatic nitrogens is 3. The molecule has 2 aromatic heterocycles. The number of aliphatic hydroxyl groups excluding tert-OH is 1. The third-order valence-electron chi connectivity index (χ3n) is 6.65. The third-order valence-corrected chi connectivity index (χ3v) is 7.51. The molecule has 36 heavy (non-hydrogen) atoms. The van der Waals surface area contributed by atoms with Gasteiger partial charge in [0.1, 0.15) is 34.6 Å². The molecule has 1 aromatic carbocycles. The second-order valence-electron chi connectivity index (χ2n) is 9.28. The molecule has 0 bridgehead atoms. The van der Waals surface area contributed by atoms with Crippen molar-refractivity contribution in [1.29, 1.82) is 0 Å². The number of aliphatic hydroxyl groups is 1. The number of thiazole rings is 1. The molecule has 2 fully saturated rings. The number of nitrogens with zero attached hydrogens (tertiary/aromatic N) is 3. The Morgan fingerprint density at radius 1 is 1.28 bits per heavy atom. The Labute approximate surface area is 209 Å². The van der Waals surface area contributed by atoms with Crippen molar-refractivity contribution in [2.75, 3.05) is 11.9 Å². The van der Waals surface area contributed by atoms with E-state index in [0.29, 0.717) is 24.2 Å². The highest BCUT2D eigenvalue weighted by Crippen LogP contribution is 2.42. The topological polar surface area (TPSA) is 115 Å². The molecular formula is C24H26F3N5O3S. The summed E-state index contributed by atoms with van der Waals surface area (Å²) in [7, 11) is 1.68. The van der Waals surface area contributed by atoms with Crippen LogP contribution in [0.1, 0.15) is 59.6 Å². The van der Waals surface area contributed by atoms with Crippen molar-refractivity contribution in [3.05, 3.63) is 52.3 Å². The number of benzene rings is 1. The van der Waals surface area contributed by atoms with Gasteiger partial charge in [-0.05, 0) is 49.3 Å². The summed E-state index contributed by atoms with van der Waals surface area (Å²) in [6.07, 6.45) is 1.27. The number of hydrogen-bond donors (Lipinski definition) is 3. The highest BCUT2D eigenvalue weighted by Gasteiger charge is 2.33. The van der Waals surface area contributed by atoms with Crippen LogP contribution in [0.4, 0.5) is 18.9 Å². The lowest BCUT2D eigenvalue weighted by molar-refractivity contribution is 0.0247. The zero-order chi connectivity index (χ0) is 25.6. The van der Waals surface area contributed by atoms with Gasteiger partial charge in [-0.25, -0.2) is 18.2 Å². The van der Waals surface area contributed by atoms with Gasteiger partial charge in [-0.15, -0.1) is 11.3 Å². The van der Waals surface area contributed by atoms with Gasteiger partial charge in [-0.2, -0.15) is 5.10 Å². The van der Waals surface area contributed by atoms with Crippen molar-refractivity contribution in [3.63, 3.8) is 0 Å². The first kappa shape index (κ1) is 24.9. The molecule has 1 aliphatic heterocycles. The molecular weight excluding hydrogens is 495 g/mol. The highest BCUT2D eigenvalue weighted by molar-refractivity contribution is 7.13. The van der Waals surface area contributed by atoms with Crippen molar-refractivity contribution in [1.82, 2.24) is 14.8 Å². The first-order chi connectivity index (χ1) is 17.2. The molecule has 1 saturated heterocycles. The van der Waals surface area contributed by atoms with Crippen LogP contribution in [-0.2, 0) is 11.8 Å². The average molecular weight is 522 g/mol. The van der Waals surface area contributed by atoms with Gasteiger partial charge in [0, 0.05) is 18.5 Å². The van der Waals surface area contributed by atoms with Crippen LogP contribution in [0.3, 0.4) is 0 Å². The minimum Gasteiger partial charge on any atom is -0.388 e. The first-order valence-electron chi connectivity index (χ1n) is 11.7. The maximum Gasteiger partial charge on any atom is 0.275 e. The van der Waals surface area contributed by atoms with Gasteiger partial charge >= 0.3 is 0 Å². The fourth-order valence-electron chi connectivity index (χ4n) is 4.41. The Morgan fingerprint density at radius 2 is 2.00 bits per heavy atom. The van der Waals surface area contributed by atoms with E-state index in [1.165, 1.54) is 11.6 Å². The van der Waals surface area contributed by atoms with Crippen LogP contribution >= 0.6 is 11.3 Å².